The molecule has 1 amide bonds. The Morgan fingerprint density at radius 1 is 1.19 bits per heavy atom. The van der Waals surface area contributed by atoms with E-state index in [1.54, 1.807) is 18.2 Å². The minimum atomic E-state index is -0.817. The summed E-state index contributed by atoms with van der Waals surface area (Å²) < 4.78 is 11.5. The third kappa shape index (κ3) is 2.16. The van der Waals surface area contributed by atoms with Gasteiger partial charge in [0, 0.05) is 15.9 Å². The van der Waals surface area contributed by atoms with Crippen molar-refractivity contribution in [3.63, 3.8) is 0 Å². The quantitative estimate of drug-likeness (QED) is 0.673. The summed E-state index contributed by atoms with van der Waals surface area (Å²) in [7, 11) is 0. The van der Waals surface area contributed by atoms with Gasteiger partial charge in [-0.1, -0.05) is 18.2 Å². The molecule has 0 spiro atoms. The fraction of sp³-hybridized carbons (Fsp3) is 0.188. The zero-order chi connectivity index (χ0) is 15.0. The molecule has 0 saturated carbocycles. The molecule has 0 fully saturated rings. The number of furan rings is 1. The van der Waals surface area contributed by atoms with Crippen LogP contribution in [0.15, 0.2) is 46.0 Å². The number of hydrogen-bond acceptors (Lipinski definition) is 4. The lowest BCUT2D eigenvalue weighted by Gasteiger charge is -2.10. The minimum absolute atomic E-state index is 0.0350. The number of para-hydroxylation sites is 1. The lowest BCUT2D eigenvalue weighted by atomic mass is 10.1. The van der Waals surface area contributed by atoms with Crippen molar-refractivity contribution < 1.29 is 13.9 Å². The standard InChI is InChI=1S/C16H13NO4/c1-9(2)20-13-8-7-11(16(18)17-19)14-10-5-3-4-6-12(10)21-15(13)14/h3-9H,1-2H3. The van der Waals surface area contributed by atoms with Gasteiger partial charge in [-0.15, -0.1) is 4.91 Å². The fourth-order valence-electron chi connectivity index (χ4n) is 2.38. The Hall–Kier alpha value is -2.69. The van der Waals surface area contributed by atoms with Crippen LogP contribution in [0.4, 0.5) is 0 Å². The summed E-state index contributed by atoms with van der Waals surface area (Å²) in [6, 6.07) is 10.5. The summed E-state index contributed by atoms with van der Waals surface area (Å²) in [5.74, 6) is -0.277. The number of hydrogen-bond donors (Lipinski definition) is 0. The lowest BCUT2D eigenvalue weighted by Crippen LogP contribution is -2.06. The second-order valence-electron chi connectivity index (χ2n) is 4.98. The first-order valence-corrected chi connectivity index (χ1v) is 6.60. The number of fused-ring (bicyclic) bond motifs is 3. The number of benzene rings is 2. The number of amides is 1. The maximum absolute atomic E-state index is 11.7. The molecule has 1 heterocycles. The van der Waals surface area contributed by atoms with Crippen LogP contribution in [0, 0.1) is 4.91 Å². The van der Waals surface area contributed by atoms with Crippen molar-refractivity contribution in [2.45, 2.75) is 20.0 Å². The van der Waals surface area contributed by atoms with Gasteiger partial charge in [-0.3, -0.25) is 4.79 Å². The molecule has 21 heavy (non-hydrogen) atoms. The predicted octanol–water partition coefficient (Wildman–Crippen LogP) is 4.28. The highest BCUT2D eigenvalue weighted by molar-refractivity contribution is 6.17. The van der Waals surface area contributed by atoms with Crippen LogP contribution >= 0.6 is 0 Å². The monoisotopic (exact) mass is 283 g/mol. The van der Waals surface area contributed by atoms with E-state index in [9.17, 15) is 9.70 Å². The van der Waals surface area contributed by atoms with Crippen LogP contribution in [0.2, 0.25) is 0 Å². The van der Waals surface area contributed by atoms with Gasteiger partial charge in [0.1, 0.15) is 5.58 Å². The molecule has 0 unspecified atom stereocenters. The number of carbonyl (C=O) groups is 1. The SMILES string of the molecule is CC(C)Oc1ccc(C(=O)N=O)c2c1oc1ccccc12. The van der Waals surface area contributed by atoms with Crippen molar-refractivity contribution in [1.82, 2.24) is 0 Å². The Morgan fingerprint density at radius 2 is 1.95 bits per heavy atom. The first kappa shape index (κ1) is 13.3. The van der Waals surface area contributed by atoms with Gasteiger partial charge in [0.15, 0.2) is 11.3 Å². The summed E-state index contributed by atoms with van der Waals surface area (Å²) in [6.45, 7) is 3.81. The van der Waals surface area contributed by atoms with Crippen LogP contribution in [0.5, 0.6) is 5.75 Å². The van der Waals surface area contributed by atoms with Crippen LogP contribution in [-0.2, 0) is 0 Å². The third-order valence-corrected chi connectivity index (χ3v) is 3.17. The summed E-state index contributed by atoms with van der Waals surface area (Å²) in [6.07, 6.45) is -0.0350. The van der Waals surface area contributed by atoms with Crippen molar-refractivity contribution in [3.8, 4) is 5.75 Å². The topological polar surface area (TPSA) is 68.9 Å². The average molecular weight is 283 g/mol. The van der Waals surface area contributed by atoms with Crippen LogP contribution < -0.4 is 4.74 Å². The first-order chi connectivity index (χ1) is 10.1. The van der Waals surface area contributed by atoms with E-state index in [0.29, 0.717) is 22.3 Å². The maximum atomic E-state index is 11.7. The first-order valence-electron chi connectivity index (χ1n) is 6.60. The molecule has 0 aliphatic carbocycles. The van der Waals surface area contributed by atoms with E-state index in [2.05, 4.69) is 5.18 Å². The highest BCUT2D eigenvalue weighted by atomic mass is 16.5. The van der Waals surface area contributed by atoms with Gasteiger partial charge in [0.2, 0.25) is 0 Å². The molecular formula is C16H13NO4. The average Bonchev–Trinajstić information content (AvgIpc) is 2.86. The summed E-state index contributed by atoms with van der Waals surface area (Å²) >= 11 is 0. The van der Waals surface area contributed by atoms with Gasteiger partial charge in [-0.25, -0.2) is 0 Å². The molecule has 0 saturated heterocycles. The number of carbonyl (C=O) groups excluding carboxylic acids is 1. The number of nitrogens with zero attached hydrogens (tertiary/aromatic N) is 1. The van der Waals surface area contributed by atoms with Gasteiger partial charge < -0.3 is 9.15 Å². The highest BCUT2D eigenvalue weighted by Gasteiger charge is 2.20. The zero-order valence-electron chi connectivity index (χ0n) is 11.6. The molecule has 2 aromatic carbocycles. The summed E-state index contributed by atoms with van der Waals surface area (Å²) in [4.78, 5) is 22.3. The minimum Gasteiger partial charge on any atom is -0.487 e. The van der Waals surface area contributed by atoms with E-state index >= 15 is 0 Å². The van der Waals surface area contributed by atoms with Crippen molar-refractivity contribution in [1.29, 1.82) is 0 Å². The molecule has 0 bridgehead atoms. The molecule has 3 rings (SSSR count). The third-order valence-electron chi connectivity index (χ3n) is 3.17. The number of nitroso groups, excluding NO2 is 1. The molecule has 0 atom stereocenters. The van der Waals surface area contributed by atoms with Crippen molar-refractivity contribution >= 4 is 27.8 Å². The molecule has 5 heteroatoms. The van der Waals surface area contributed by atoms with Gasteiger partial charge in [-0.2, -0.15) is 0 Å². The Balaban J connectivity index is 2.40. The van der Waals surface area contributed by atoms with Crippen molar-refractivity contribution in [2.75, 3.05) is 0 Å². The lowest BCUT2D eigenvalue weighted by molar-refractivity contribution is 0.100. The highest BCUT2D eigenvalue weighted by Crippen LogP contribution is 2.37. The van der Waals surface area contributed by atoms with E-state index in [-0.39, 0.29) is 11.7 Å². The Labute approximate surface area is 120 Å². The Bertz CT molecular complexity index is 848. The molecule has 1 aromatic heterocycles. The van der Waals surface area contributed by atoms with E-state index in [0.717, 1.165) is 5.39 Å². The van der Waals surface area contributed by atoms with Crippen molar-refractivity contribution in [3.05, 3.63) is 46.9 Å². The fourth-order valence-corrected chi connectivity index (χ4v) is 2.38. The smallest absolute Gasteiger partial charge is 0.317 e. The maximum Gasteiger partial charge on any atom is 0.317 e. The van der Waals surface area contributed by atoms with E-state index in [1.165, 1.54) is 0 Å². The van der Waals surface area contributed by atoms with Crippen molar-refractivity contribution in [2.24, 2.45) is 5.18 Å². The van der Waals surface area contributed by atoms with Crippen LogP contribution in [-0.4, -0.2) is 12.0 Å². The van der Waals surface area contributed by atoms with E-state index in [1.807, 2.05) is 32.0 Å². The predicted molar refractivity (Wildman–Crippen MR) is 79.6 cm³/mol. The van der Waals surface area contributed by atoms with E-state index in [4.69, 9.17) is 9.15 Å². The van der Waals surface area contributed by atoms with Gasteiger partial charge in [0.05, 0.1) is 11.7 Å². The molecule has 0 radical (unpaired) electrons. The molecule has 0 aliphatic rings. The normalized spacial score (nSPS) is 11.2. The molecule has 3 aromatic rings. The Kier molecular flexibility index (Phi) is 3.17. The van der Waals surface area contributed by atoms with Crippen LogP contribution in [0.3, 0.4) is 0 Å². The number of ether oxygens (including phenoxy) is 1. The van der Waals surface area contributed by atoms with Gasteiger partial charge in [-0.05, 0) is 32.0 Å². The van der Waals surface area contributed by atoms with Crippen LogP contribution in [0.25, 0.3) is 21.9 Å². The molecular weight excluding hydrogens is 270 g/mol. The molecule has 106 valence electrons. The largest absolute Gasteiger partial charge is 0.487 e. The Morgan fingerprint density at radius 3 is 2.67 bits per heavy atom. The van der Waals surface area contributed by atoms with E-state index < -0.39 is 5.91 Å². The molecule has 0 N–H and O–H groups in total. The van der Waals surface area contributed by atoms with Crippen LogP contribution in [0.1, 0.15) is 24.2 Å². The van der Waals surface area contributed by atoms with Gasteiger partial charge >= 0.3 is 5.91 Å². The number of rotatable bonds is 3. The zero-order valence-corrected chi connectivity index (χ0v) is 11.6. The second-order valence-corrected chi connectivity index (χ2v) is 4.98. The summed E-state index contributed by atoms with van der Waals surface area (Å²) in [5, 5.41) is 3.84. The second kappa shape index (κ2) is 5.01. The van der Waals surface area contributed by atoms with Gasteiger partial charge in [0.25, 0.3) is 0 Å². The summed E-state index contributed by atoms with van der Waals surface area (Å²) in [5.41, 5.74) is 1.31. The molecule has 0 aliphatic heterocycles. The molecule has 5 nitrogen and oxygen atoms in total.